The van der Waals surface area contributed by atoms with E-state index in [1.807, 2.05) is 0 Å². The number of thioether (sulfide) groups is 1. The fraction of sp³-hybridized carbons (Fsp3) is 0.556. The van der Waals surface area contributed by atoms with Crippen molar-refractivity contribution in [3.8, 4) is 0 Å². The molecule has 1 aromatic rings. The summed E-state index contributed by atoms with van der Waals surface area (Å²) in [5.41, 5.74) is 1.38. The number of hydrogen-bond donors (Lipinski definition) is 2. The van der Waals surface area contributed by atoms with Gasteiger partial charge < -0.3 is 10.6 Å². The van der Waals surface area contributed by atoms with E-state index in [1.165, 1.54) is 10.5 Å². The first-order valence-electron chi connectivity index (χ1n) is 8.54. The number of likely N-dealkylation sites (tertiary alicyclic amines) is 1. The number of benzene rings is 1. The van der Waals surface area contributed by atoms with Crippen LogP contribution in [0.4, 0.5) is 0 Å². The van der Waals surface area contributed by atoms with Gasteiger partial charge in [0, 0.05) is 24.5 Å². The van der Waals surface area contributed by atoms with Crippen LogP contribution in [0.2, 0.25) is 0 Å². The number of likely N-dealkylation sites (N-methyl/N-ethyl adjacent to an activating group) is 1. The zero-order valence-corrected chi connectivity index (χ0v) is 15.3. The van der Waals surface area contributed by atoms with Crippen molar-refractivity contribution in [2.45, 2.75) is 31.2 Å². The Labute approximate surface area is 148 Å². The number of carbonyl (C=O) groups is 2. The summed E-state index contributed by atoms with van der Waals surface area (Å²) in [7, 11) is 0. The summed E-state index contributed by atoms with van der Waals surface area (Å²) in [4.78, 5) is 26.8. The summed E-state index contributed by atoms with van der Waals surface area (Å²) < 4.78 is 0. The van der Waals surface area contributed by atoms with Gasteiger partial charge in [0.25, 0.3) is 0 Å². The van der Waals surface area contributed by atoms with Gasteiger partial charge in [0.2, 0.25) is 0 Å². The summed E-state index contributed by atoms with van der Waals surface area (Å²) >= 11 is 1.79. The molecular formula is C18H27N3O2S. The van der Waals surface area contributed by atoms with Gasteiger partial charge in [0.15, 0.2) is 0 Å². The zero-order valence-electron chi connectivity index (χ0n) is 14.5. The van der Waals surface area contributed by atoms with Crippen LogP contribution < -0.4 is 10.6 Å². The largest absolute Gasteiger partial charge is 0.348 e. The lowest BCUT2D eigenvalue weighted by Crippen LogP contribution is -2.43. The van der Waals surface area contributed by atoms with Crippen molar-refractivity contribution in [1.29, 1.82) is 0 Å². The zero-order chi connectivity index (χ0) is 17.4. The molecule has 0 bridgehead atoms. The normalized spacial score (nSPS) is 15.9. The van der Waals surface area contributed by atoms with Crippen LogP contribution in [0.1, 0.15) is 25.3 Å². The Morgan fingerprint density at radius 2 is 1.83 bits per heavy atom. The van der Waals surface area contributed by atoms with Crippen LogP contribution in [0.3, 0.4) is 0 Å². The van der Waals surface area contributed by atoms with E-state index >= 15 is 0 Å². The highest BCUT2D eigenvalue weighted by atomic mass is 32.2. The molecule has 1 heterocycles. The van der Waals surface area contributed by atoms with Crippen LogP contribution >= 0.6 is 11.8 Å². The van der Waals surface area contributed by atoms with Crippen molar-refractivity contribution < 1.29 is 9.59 Å². The molecular weight excluding hydrogens is 322 g/mol. The Bertz CT molecular complexity index is 557. The monoisotopic (exact) mass is 349 g/mol. The summed E-state index contributed by atoms with van der Waals surface area (Å²) in [6.45, 7) is 5.91. The lowest BCUT2D eigenvalue weighted by atomic mass is 9.96. The van der Waals surface area contributed by atoms with Crippen molar-refractivity contribution in [3.05, 3.63) is 29.8 Å². The van der Waals surface area contributed by atoms with Crippen molar-refractivity contribution >= 4 is 23.6 Å². The molecule has 0 spiro atoms. The first-order valence-corrected chi connectivity index (χ1v) is 9.76. The molecule has 6 heteroatoms. The maximum atomic E-state index is 11.6. The minimum atomic E-state index is -0.538. The smallest absolute Gasteiger partial charge is 0.309 e. The molecule has 24 heavy (non-hydrogen) atoms. The molecule has 132 valence electrons. The van der Waals surface area contributed by atoms with Gasteiger partial charge >= 0.3 is 11.8 Å². The third-order valence-electron chi connectivity index (χ3n) is 4.39. The van der Waals surface area contributed by atoms with E-state index in [0.717, 1.165) is 32.5 Å². The van der Waals surface area contributed by atoms with Crippen molar-refractivity contribution in [2.75, 3.05) is 32.4 Å². The van der Waals surface area contributed by atoms with E-state index in [-0.39, 0.29) is 0 Å². The molecule has 0 radical (unpaired) electrons. The summed E-state index contributed by atoms with van der Waals surface area (Å²) in [5, 5.41) is 5.26. The Kier molecular flexibility index (Phi) is 7.59. The molecule has 0 saturated carbocycles. The highest BCUT2D eigenvalue weighted by molar-refractivity contribution is 7.98. The highest BCUT2D eigenvalue weighted by Crippen LogP contribution is 2.24. The Hall–Kier alpha value is -1.53. The molecule has 2 N–H and O–H groups in total. The predicted molar refractivity (Wildman–Crippen MR) is 97.9 cm³/mol. The van der Waals surface area contributed by atoms with Gasteiger partial charge in [-0.2, -0.15) is 0 Å². The van der Waals surface area contributed by atoms with Crippen LogP contribution in [0.5, 0.6) is 0 Å². The fourth-order valence-electron chi connectivity index (χ4n) is 2.98. The topological polar surface area (TPSA) is 61.4 Å². The molecule has 1 saturated heterocycles. The van der Waals surface area contributed by atoms with E-state index in [2.05, 4.69) is 46.1 Å². The molecule has 2 rings (SSSR count). The van der Waals surface area contributed by atoms with Crippen LogP contribution in [0.25, 0.3) is 0 Å². The number of hydrogen-bond acceptors (Lipinski definition) is 4. The number of nitrogens with one attached hydrogen (secondary N) is 2. The third kappa shape index (κ3) is 5.53. The Morgan fingerprint density at radius 3 is 2.50 bits per heavy atom. The van der Waals surface area contributed by atoms with Gasteiger partial charge in [0.05, 0.1) is 0 Å². The second-order valence-electron chi connectivity index (χ2n) is 6.10. The average molecular weight is 350 g/mol. The molecule has 0 unspecified atom stereocenters. The van der Waals surface area contributed by atoms with E-state index < -0.39 is 11.8 Å². The molecule has 1 aliphatic rings. The van der Waals surface area contributed by atoms with Crippen LogP contribution in [-0.4, -0.2) is 49.1 Å². The van der Waals surface area contributed by atoms with Crippen LogP contribution in [0.15, 0.2) is 29.2 Å². The molecule has 0 aromatic heterocycles. The maximum absolute atomic E-state index is 11.6. The summed E-state index contributed by atoms with van der Waals surface area (Å²) in [5.74, 6) is -0.604. The van der Waals surface area contributed by atoms with Gasteiger partial charge in [-0.3, -0.25) is 14.5 Å². The quantitative estimate of drug-likeness (QED) is 0.608. The number of piperidine rings is 1. The van der Waals surface area contributed by atoms with E-state index in [4.69, 9.17) is 0 Å². The van der Waals surface area contributed by atoms with Gasteiger partial charge in [-0.1, -0.05) is 18.2 Å². The maximum Gasteiger partial charge on any atom is 0.309 e. The van der Waals surface area contributed by atoms with Gasteiger partial charge in [-0.15, -0.1) is 11.8 Å². The molecule has 0 atom stereocenters. The second kappa shape index (κ2) is 9.69. The molecule has 1 aliphatic heterocycles. The highest BCUT2D eigenvalue weighted by Gasteiger charge is 2.21. The molecule has 2 amide bonds. The molecule has 0 aliphatic carbocycles. The van der Waals surface area contributed by atoms with Crippen LogP contribution in [0, 0.1) is 5.92 Å². The lowest BCUT2D eigenvalue weighted by Gasteiger charge is -2.32. The average Bonchev–Trinajstić information content (AvgIpc) is 2.61. The number of rotatable bonds is 6. The minimum Gasteiger partial charge on any atom is -0.348 e. The number of carbonyl (C=O) groups excluding carboxylic acids is 2. The first-order chi connectivity index (χ1) is 11.6. The Morgan fingerprint density at radius 1 is 1.17 bits per heavy atom. The predicted octanol–water partition coefficient (Wildman–Crippen LogP) is 1.87. The van der Waals surface area contributed by atoms with E-state index in [0.29, 0.717) is 19.0 Å². The summed E-state index contributed by atoms with van der Waals surface area (Å²) in [6, 6.07) is 8.55. The van der Waals surface area contributed by atoms with Crippen LogP contribution in [-0.2, 0) is 16.1 Å². The van der Waals surface area contributed by atoms with E-state index in [9.17, 15) is 9.59 Å². The first kappa shape index (κ1) is 18.8. The van der Waals surface area contributed by atoms with Gasteiger partial charge in [-0.05, 0) is 56.7 Å². The SMILES string of the molecule is CCNC(=O)C(=O)NCC1CCN(Cc2ccccc2SC)CC1. The van der Waals surface area contributed by atoms with E-state index in [1.54, 1.807) is 18.7 Å². The van der Waals surface area contributed by atoms with Gasteiger partial charge in [0.1, 0.15) is 0 Å². The van der Waals surface area contributed by atoms with Crippen molar-refractivity contribution in [1.82, 2.24) is 15.5 Å². The van der Waals surface area contributed by atoms with Crippen molar-refractivity contribution in [3.63, 3.8) is 0 Å². The van der Waals surface area contributed by atoms with Gasteiger partial charge in [-0.25, -0.2) is 0 Å². The molecule has 1 fully saturated rings. The summed E-state index contributed by atoms with van der Waals surface area (Å²) in [6.07, 6.45) is 4.22. The standard InChI is InChI=1S/C18H27N3O2S/c1-3-19-17(22)18(23)20-12-14-8-10-21(11-9-14)13-15-6-4-5-7-16(15)24-2/h4-7,14H,3,8-13H2,1-2H3,(H,19,22)(H,20,23). The fourth-order valence-corrected chi connectivity index (χ4v) is 3.59. The lowest BCUT2D eigenvalue weighted by molar-refractivity contribution is -0.139. The molecule has 5 nitrogen and oxygen atoms in total. The van der Waals surface area contributed by atoms with Crippen molar-refractivity contribution in [2.24, 2.45) is 5.92 Å². The third-order valence-corrected chi connectivity index (χ3v) is 5.23. The Balaban J connectivity index is 1.73. The second-order valence-corrected chi connectivity index (χ2v) is 6.95. The molecule has 1 aromatic carbocycles. The number of amides is 2. The minimum absolute atomic E-state index is 0.454. The number of nitrogens with zero attached hydrogens (tertiary/aromatic N) is 1.